The Morgan fingerprint density at radius 3 is 2.65 bits per heavy atom. The Hall–Kier alpha value is -1.79. The summed E-state index contributed by atoms with van der Waals surface area (Å²) in [6.07, 6.45) is 7.49. The van der Waals surface area contributed by atoms with E-state index in [2.05, 4.69) is 22.9 Å². The molecule has 1 atom stereocenters. The Bertz CT molecular complexity index is 516. The first-order chi connectivity index (χ1) is 12.7. The highest BCUT2D eigenvalue weighted by Gasteiger charge is 2.15. The lowest BCUT2D eigenvalue weighted by atomic mass is 9.96. The maximum atomic E-state index is 12.0. The summed E-state index contributed by atoms with van der Waals surface area (Å²) in [5.74, 6) is 0.677. The Labute approximate surface area is 156 Å². The number of hydrogen-bond donors (Lipinski definition) is 4. The molecule has 1 aliphatic rings. The monoisotopic (exact) mass is 363 g/mol. The maximum absolute atomic E-state index is 12.0. The van der Waals surface area contributed by atoms with E-state index >= 15 is 0 Å². The van der Waals surface area contributed by atoms with Crippen molar-refractivity contribution >= 4 is 11.7 Å². The third-order valence-corrected chi connectivity index (χ3v) is 4.58. The van der Waals surface area contributed by atoms with E-state index in [4.69, 9.17) is 4.74 Å². The number of amides is 2. The lowest BCUT2D eigenvalue weighted by Crippen LogP contribution is -2.38. The second-order valence-corrected chi connectivity index (χ2v) is 6.98. The van der Waals surface area contributed by atoms with E-state index in [1.807, 2.05) is 12.1 Å². The summed E-state index contributed by atoms with van der Waals surface area (Å²) in [5.41, 5.74) is 0.729. The molecule has 6 heteroatoms. The summed E-state index contributed by atoms with van der Waals surface area (Å²) in [5, 5.41) is 19.0. The molecule has 2 amide bonds. The molecule has 146 valence electrons. The molecule has 0 heterocycles. The van der Waals surface area contributed by atoms with Crippen LogP contribution in [0.15, 0.2) is 24.3 Å². The van der Waals surface area contributed by atoms with Crippen molar-refractivity contribution in [1.82, 2.24) is 10.6 Å². The van der Waals surface area contributed by atoms with Crippen molar-refractivity contribution in [2.45, 2.75) is 64.0 Å². The van der Waals surface area contributed by atoms with Gasteiger partial charge in [-0.3, -0.25) is 0 Å². The van der Waals surface area contributed by atoms with Crippen molar-refractivity contribution in [3.63, 3.8) is 0 Å². The number of aliphatic hydroxyl groups is 1. The number of nitrogens with one attached hydrogen (secondary N) is 3. The summed E-state index contributed by atoms with van der Waals surface area (Å²) in [6.45, 7) is 3.82. The zero-order chi connectivity index (χ0) is 18.6. The second kappa shape index (κ2) is 11.8. The molecule has 2 rings (SSSR count). The molecule has 1 saturated carbocycles. The van der Waals surface area contributed by atoms with Gasteiger partial charge in [0.1, 0.15) is 18.5 Å². The van der Waals surface area contributed by atoms with Crippen molar-refractivity contribution in [3.8, 4) is 5.75 Å². The fourth-order valence-corrected chi connectivity index (χ4v) is 3.06. The van der Waals surface area contributed by atoms with Gasteiger partial charge < -0.3 is 25.8 Å². The fourth-order valence-electron chi connectivity index (χ4n) is 3.06. The molecule has 1 aromatic carbocycles. The normalized spacial score (nSPS) is 16.1. The minimum absolute atomic E-state index is 0.154. The van der Waals surface area contributed by atoms with Gasteiger partial charge >= 0.3 is 6.03 Å². The Morgan fingerprint density at radius 1 is 1.23 bits per heavy atom. The number of benzene rings is 1. The predicted octanol–water partition coefficient (Wildman–Crippen LogP) is 3.27. The highest BCUT2D eigenvalue weighted by molar-refractivity contribution is 5.89. The van der Waals surface area contributed by atoms with E-state index in [-0.39, 0.29) is 12.6 Å². The molecular formula is C20H33N3O3. The van der Waals surface area contributed by atoms with Crippen LogP contribution in [0.3, 0.4) is 0 Å². The van der Waals surface area contributed by atoms with Gasteiger partial charge in [-0.1, -0.05) is 32.6 Å². The molecule has 0 saturated heterocycles. The van der Waals surface area contributed by atoms with Crippen LogP contribution in [0.25, 0.3) is 0 Å². The average Bonchev–Trinajstić information content (AvgIpc) is 2.65. The van der Waals surface area contributed by atoms with Crippen molar-refractivity contribution in [3.05, 3.63) is 24.3 Å². The van der Waals surface area contributed by atoms with Gasteiger partial charge in [0.05, 0.1) is 0 Å². The summed E-state index contributed by atoms with van der Waals surface area (Å²) in [7, 11) is 0. The van der Waals surface area contributed by atoms with Crippen molar-refractivity contribution in [2.24, 2.45) is 0 Å². The number of carbonyl (C=O) groups excluding carboxylic acids is 1. The molecular weight excluding hydrogens is 330 g/mol. The molecule has 0 radical (unpaired) electrons. The van der Waals surface area contributed by atoms with Crippen LogP contribution in [-0.4, -0.2) is 43.0 Å². The van der Waals surface area contributed by atoms with E-state index in [9.17, 15) is 9.90 Å². The van der Waals surface area contributed by atoms with Gasteiger partial charge in [0.15, 0.2) is 0 Å². The second-order valence-electron chi connectivity index (χ2n) is 6.98. The van der Waals surface area contributed by atoms with Crippen LogP contribution in [0, 0.1) is 0 Å². The van der Waals surface area contributed by atoms with Crippen LogP contribution in [0.1, 0.15) is 51.9 Å². The van der Waals surface area contributed by atoms with E-state index in [0.29, 0.717) is 18.3 Å². The molecule has 26 heavy (non-hydrogen) atoms. The van der Waals surface area contributed by atoms with Gasteiger partial charge in [0, 0.05) is 18.3 Å². The number of rotatable bonds is 10. The summed E-state index contributed by atoms with van der Waals surface area (Å²) >= 11 is 0. The molecule has 0 bridgehead atoms. The number of unbranched alkanes of at least 4 members (excludes halogenated alkanes) is 1. The number of anilines is 1. The molecule has 4 N–H and O–H groups in total. The standard InChI is InChI=1S/C20H33N3O3/c1-2-3-13-21-14-18(24)15-26-19-11-9-17(10-12-19)23-20(25)22-16-7-5-4-6-8-16/h9-12,16,18,21,24H,2-8,13-15H2,1H3,(H2,22,23,25). The van der Waals surface area contributed by atoms with E-state index in [1.165, 1.54) is 19.3 Å². The van der Waals surface area contributed by atoms with Crippen LogP contribution >= 0.6 is 0 Å². The van der Waals surface area contributed by atoms with E-state index in [1.54, 1.807) is 12.1 Å². The number of hydrogen-bond acceptors (Lipinski definition) is 4. The largest absolute Gasteiger partial charge is 0.491 e. The van der Waals surface area contributed by atoms with Gasteiger partial charge in [-0.05, 0) is 50.1 Å². The SMILES string of the molecule is CCCCNCC(O)COc1ccc(NC(=O)NC2CCCCC2)cc1. The highest BCUT2D eigenvalue weighted by Crippen LogP contribution is 2.18. The van der Waals surface area contributed by atoms with Crippen LogP contribution < -0.4 is 20.7 Å². The van der Waals surface area contributed by atoms with Gasteiger partial charge in [-0.2, -0.15) is 0 Å². The van der Waals surface area contributed by atoms with Crippen LogP contribution in [0.4, 0.5) is 10.5 Å². The third kappa shape index (κ3) is 8.06. The number of ether oxygens (including phenoxy) is 1. The number of carbonyl (C=O) groups is 1. The first kappa shape index (κ1) is 20.5. The molecule has 0 spiro atoms. The first-order valence-electron chi connectivity index (χ1n) is 9.86. The molecule has 1 unspecified atom stereocenters. The van der Waals surface area contributed by atoms with E-state index in [0.717, 1.165) is 37.9 Å². The van der Waals surface area contributed by atoms with Crippen molar-refractivity contribution in [2.75, 3.05) is 25.0 Å². The van der Waals surface area contributed by atoms with Gasteiger partial charge in [0.25, 0.3) is 0 Å². The van der Waals surface area contributed by atoms with Gasteiger partial charge in [-0.25, -0.2) is 4.79 Å². The van der Waals surface area contributed by atoms with Crippen molar-refractivity contribution < 1.29 is 14.6 Å². The third-order valence-electron chi connectivity index (χ3n) is 4.58. The number of aliphatic hydroxyl groups excluding tert-OH is 1. The summed E-state index contributed by atoms with van der Waals surface area (Å²) in [4.78, 5) is 12.0. The van der Waals surface area contributed by atoms with Gasteiger partial charge in [0.2, 0.25) is 0 Å². The van der Waals surface area contributed by atoms with E-state index < -0.39 is 6.10 Å². The molecule has 1 fully saturated rings. The molecule has 0 aliphatic heterocycles. The molecule has 0 aromatic heterocycles. The lowest BCUT2D eigenvalue weighted by Gasteiger charge is -2.22. The zero-order valence-electron chi connectivity index (χ0n) is 15.8. The maximum Gasteiger partial charge on any atom is 0.319 e. The van der Waals surface area contributed by atoms with Crippen LogP contribution in [0.2, 0.25) is 0 Å². The fraction of sp³-hybridized carbons (Fsp3) is 0.650. The minimum Gasteiger partial charge on any atom is -0.491 e. The Balaban J connectivity index is 1.66. The highest BCUT2D eigenvalue weighted by atomic mass is 16.5. The molecule has 1 aliphatic carbocycles. The number of urea groups is 1. The van der Waals surface area contributed by atoms with Crippen LogP contribution in [-0.2, 0) is 0 Å². The topological polar surface area (TPSA) is 82.6 Å². The molecule has 6 nitrogen and oxygen atoms in total. The lowest BCUT2D eigenvalue weighted by molar-refractivity contribution is 0.106. The van der Waals surface area contributed by atoms with Crippen molar-refractivity contribution in [1.29, 1.82) is 0 Å². The zero-order valence-corrected chi connectivity index (χ0v) is 15.8. The Morgan fingerprint density at radius 2 is 1.96 bits per heavy atom. The smallest absolute Gasteiger partial charge is 0.319 e. The van der Waals surface area contributed by atoms with Crippen LogP contribution in [0.5, 0.6) is 5.75 Å². The minimum atomic E-state index is -0.536. The Kier molecular flexibility index (Phi) is 9.28. The van der Waals surface area contributed by atoms with Gasteiger partial charge in [-0.15, -0.1) is 0 Å². The average molecular weight is 364 g/mol. The first-order valence-corrected chi connectivity index (χ1v) is 9.86. The predicted molar refractivity (Wildman–Crippen MR) is 105 cm³/mol. The summed E-state index contributed by atoms with van der Waals surface area (Å²) in [6, 6.07) is 7.35. The quantitative estimate of drug-likeness (QED) is 0.481. The molecule has 1 aromatic rings. The summed E-state index contributed by atoms with van der Waals surface area (Å²) < 4.78 is 5.59.